The Morgan fingerprint density at radius 1 is 1.02 bits per heavy atom. The van der Waals surface area contributed by atoms with Gasteiger partial charge in [-0.1, -0.05) is 30.3 Å². The Balaban J connectivity index is 1.47. The van der Waals surface area contributed by atoms with Crippen LogP contribution in [0.15, 0.2) is 66.7 Å². The molecule has 1 atom stereocenters. The zero-order chi connectivity index (χ0) is 28.9. The van der Waals surface area contributed by atoms with E-state index in [9.17, 15) is 10.1 Å². The van der Waals surface area contributed by atoms with E-state index in [-0.39, 0.29) is 12.5 Å². The van der Waals surface area contributed by atoms with Crippen LogP contribution >= 0.6 is 0 Å². The van der Waals surface area contributed by atoms with Crippen molar-refractivity contribution in [1.29, 1.82) is 10.5 Å². The second kappa shape index (κ2) is 11.9. The maximum atomic E-state index is 13.4. The van der Waals surface area contributed by atoms with Crippen molar-refractivity contribution in [2.75, 3.05) is 11.9 Å². The number of hydrogen-bond donors (Lipinski definition) is 2. The first-order valence-electron chi connectivity index (χ1n) is 13.3. The molecule has 1 amide bonds. The number of anilines is 2. The minimum Gasteiger partial charge on any atom is -0.438 e. The molecule has 0 fully saturated rings. The number of hydrogen-bond acceptors (Lipinski definition) is 8. The minimum atomic E-state index is -0.676. The number of carbonyl (C=O) groups excluding carboxylic acids is 1. The summed E-state index contributed by atoms with van der Waals surface area (Å²) in [5.74, 6) is 1.12. The molecule has 4 aromatic rings. The molecule has 1 aliphatic rings. The van der Waals surface area contributed by atoms with Gasteiger partial charge in [0.1, 0.15) is 5.75 Å². The van der Waals surface area contributed by atoms with Gasteiger partial charge in [0, 0.05) is 18.7 Å². The van der Waals surface area contributed by atoms with Gasteiger partial charge in [-0.15, -0.1) is 0 Å². The van der Waals surface area contributed by atoms with Gasteiger partial charge in [0.15, 0.2) is 0 Å². The fourth-order valence-electron chi connectivity index (χ4n) is 4.93. The van der Waals surface area contributed by atoms with E-state index >= 15 is 0 Å². The molecule has 0 spiro atoms. The molecule has 5 rings (SSSR count). The van der Waals surface area contributed by atoms with E-state index in [0.29, 0.717) is 53.7 Å². The van der Waals surface area contributed by atoms with Crippen LogP contribution in [0.4, 0.5) is 11.6 Å². The SMILES string of the molecule is Cc1cc(C#N)cc(C)c1Oc1nc(Nc2ccc(C#N)cc2)nc2c1CN(C(=O)C(N)Cc1ccccc1)CC2. The largest absolute Gasteiger partial charge is 0.438 e. The third-order valence-corrected chi connectivity index (χ3v) is 7.01. The van der Waals surface area contributed by atoms with Crippen LogP contribution in [-0.4, -0.2) is 33.4 Å². The van der Waals surface area contributed by atoms with Gasteiger partial charge in [0.25, 0.3) is 0 Å². The van der Waals surface area contributed by atoms with Crippen molar-refractivity contribution in [2.24, 2.45) is 5.73 Å². The number of amides is 1. The average Bonchev–Trinajstić information content (AvgIpc) is 2.99. The van der Waals surface area contributed by atoms with E-state index in [2.05, 4.69) is 17.5 Å². The van der Waals surface area contributed by atoms with Crippen molar-refractivity contribution in [3.63, 3.8) is 0 Å². The Kier molecular flexibility index (Phi) is 7.91. The van der Waals surface area contributed by atoms with E-state index in [1.165, 1.54) is 0 Å². The highest BCUT2D eigenvalue weighted by molar-refractivity contribution is 5.82. The number of nitriles is 2. The molecule has 0 bridgehead atoms. The Labute approximate surface area is 238 Å². The lowest BCUT2D eigenvalue weighted by Crippen LogP contribution is -2.47. The molecule has 0 saturated heterocycles. The van der Waals surface area contributed by atoms with Crippen molar-refractivity contribution in [2.45, 2.75) is 39.3 Å². The molecular formula is C32H29N7O2. The molecule has 9 heteroatoms. The summed E-state index contributed by atoms with van der Waals surface area (Å²) in [5.41, 5.74) is 12.2. The summed E-state index contributed by atoms with van der Waals surface area (Å²) in [6.45, 7) is 4.49. The summed E-state index contributed by atoms with van der Waals surface area (Å²) >= 11 is 0. The maximum absolute atomic E-state index is 13.4. The maximum Gasteiger partial charge on any atom is 0.240 e. The molecule has 1 unspecified atom stereocenters. The number of carbonyl (C=O) groups is 1. The molecule has 0 saturated carbocycles. The zero-order valence-corrected chi connectivity index (χ0v) is 22.9. The number of nitrogens with zero attached hydrogens (tertiary/aromatic N) is 5. The molecule has 9 nitrogen and oxygen atoms in total. The fourth-order valence-corrected chi connectivity index (χ4v) is 4.93. The lowest BCUT2D eigenvalue weighted by Gasteiger charge is -2.31. The number of aromatic nitrogens is 2. The number of fused-ring (bicyclic) bond motifs is 1. The molecule has 204 valence electrons. The van der Waals surface area contributed by atoms with Gasteiger partial charge >= 0.3 is 0 Å². The molecule has 2 heterocycles. The molecule has 3 N–H and O–H groups in total. The van der Waals surface area contributed by atoms with Gasteiger partial charge in [-0.05, 0) is 73.4 Å². The van der Waals surface area contributed by atoms with Crippen molar-refractivity contribution in [1.82, 2.24) is 14.9 Å². The lowest BCUT2D eigenvalue weighted by atomic mass is 10.0. The van der Waals surface area contributed by atoms with Crippen molar-refractivity contribution in [3.05, 3.63) is 106 Å². The summed E-state index contributed by atoms with van der Waals surface area (Å²) in [6.07, 6.45) is 0.950. The number of nitrogens with one attached hydrogen (secondary N) is 1. The first-order valence-corrected chi connectivity index (χ1v) is 13.3. The Bertz CT molecular complexity index is 1650. The first kappa shape index (κ1) is 27.3. The van der Waals surface area contributed by atoms with Crippen LogP contribution < -0.4 is 15.8 Å². The van der Waals surface area contributed by atoms with Crippen LogP contribution in [0.3, 0.4) is 0 Å². The predicted molar refractivity (Wildman–Crippen MR) is 154 cm³/mol. The highest BCUT2D eigenvalue weighted by Gasteiger charge is 2.30. The normalized spacial score (nSPS) is 13.0. The minimum absolute atomic E-state index is 0.143. The molecule has 0 aliphatic carbocycles. The zero-order valence-electron chi connectivity index (χ0n) is 22.9. The van der Waals surface area contributed by atoms with Crippen molar-refractivity contribution < 1.29 is 9.53 Å². The van der Waals surface area contributed by atoms with E-state index in [1.54, 1.807) is 41.3 Å². The smallest absolute Gasteiger partial charge is 0.240 e. The molecule has 0 radical (unpaired) electrons. The first-order chi connectivity index (χ1) is 19.8. The summed E-state index contributed by atoms with van der Waals surface area (Å²) in [7, 11) is 0. The van der Waals surface area contributed by atoms with E-state index in [0.717, 1.165) is 28.1 Å². The Morgan fingerprint density at radius 3 is 2.37 bits per heavy atom. The third-order valence-electron chi connectivity index (χ3n) is 7.01. The summed E-state index contributed by atoms with van der Waals surface area (Å²) in [6, 6.07) is 23.9. The second-order valence-corrected chi connectivity index (χ2v) is 10.1. The summed E-state index contributed by atoms with van der Waals surface area (Å²) in [5, 5.41) is 21.7. The van der Waals surface area contributed by atoms with Crippen LogP contribution in [0.1, 0.15) is 39.1 Å². The second-order valence-electron chi connectivity index (χ2n) is 10.1. The Hall–Kier alpha value is -5.25. The average molecular weight is 544 g/mol. The van der Waals surface area contributed by atoms with Crippen LogP contribution in [0.25, 0.3) is 0 Å². The van der Waals surface area contributed by atoms with Gasteiger partial charge in [-0.2, -0.15) is 15.5 Å². The molecule has 3 aromatic carbocycles. The standard InChI is InChI=1S/C32H29N7O2/c1-20-14-24(18-34)15-21(2)29(20)41-30-26-19-39(31(40)27(35)16-22-6-4-3-5-7-22)13-12-28(26)37-32(38-30)36-25-10-8-23(17-33)9-11-25/h3-11,14-15,27H,12-13,16,19,35H2,1-2H3,(H,36,37,38). The Morgan fingerprint density at radius 2 is 1.71 bits per heavy atom. The fraction of sp³-hybridized carbons (Fsp3) is 0.219. The predicted octanol–water partition coefficient (Wildman–Crippen LogP) is 4.83. The molecular weight excluding hydrogens is 514 g/mol. The summed E-state index contributed by atoms with van der Waals surface area (Å²) in [4.78, 5) is 24.6. The number of benzene rings is 3. The van der Waals surface area contributed by atoms with E-state index < -0.39 is 6.04 Å². The van der Waals surface area contributed by atoms with Gasteiger partial charge < -0.3 is 20.7 Å². The highest BCUT2D eigenvalue weighted by Crippen LogP contribution is 2.35. The van der Waals surface area contributed by atoms with E-state index in [4.69, 9.17) is 25.7 Å². The molecule has 1 aromatic heterocycles. The van der Waals surface area contributed by atoms with Crippen LogP contribution in [0.2, 0.25) is 0 Å². The van der Waals surface area contributed by atoms with Crippen LogP contribution in [0.5, 0.6) is 11.6 Å². The number of ether oxygens (including phenoxy) is 1. The number of nitrogens with two attached hydrogens (primary N) is 1. The topological polar surface area (TPSA) is 141 Å². The van der Waals surface area contributed by atoms with Crippen molar-refractivity contribution >= 4 is 17.5 Å². The van der Waals surface area contributed by atoms with Crippen molar-refractivity contribution in [3.8, 4) is 23.8 Å². The highest BCUT2D eigenvalue weighted by atomic mass is 16.5. The third kappa shape index (κ3) is 6.17. The quantitative estimate of drug-likeness (QED) is 0.338. The monoisotopic (exact) mass is 543 g/mol. The van der Waals surface area contributed by atoms with E-state index in [1.807, 2.05) is 44.2 Å². The molecule has 41 heavy (non-hydrogen) atoms. The summed E-state index contributed by atoms with van der Waals surface area (Å²) < 4.78 is 6.42. The lowest BCUT2D eigenvalue weighted by molar-refractivity contribution is -0.133. The van der Waals surface area contributed by atoms with Crippen LogP contribution in [0, 0.1) is 36.5 Å². The van der Waals surface area contributed by atoms with Gasteiger partial charge in [-0.3, -0.25) is 4.79 Å². The number of rotatable bonds is 7. The number of aryl methyl sites for hydroxylation is 2. The van der Waals surface area contributed by atoms with Gasteiger partial charge in [0.2, 0.25) is 17.7 Å². The van der Waals surface area contributed by atoms with Gasteiger partial charge in [0.05, 0.1) is 47.1 Å². The van der Waals surface area contributed by atoms with Gasteiger partial charge in [-0.25, -0.2) is 4.98 Å². The van der Waals surface area contributed by atoms with Crippen LogP contribution in [-0.2, 0) is 24.2 Å². The molecule has 1 aliphatic heterocycles.